The fourth-order valence-electron chi connectivity index (χ4n) is 2.99. The first kappa shape index (κ1) is 23.5. The molecule has 32 heavy (non-hydrogen) atoms. The number of nitrogens with one attached hydrogen (secondary N) is 1. The Hall–Kier alpha value is -3.21. The van der Waals surface area contributed by atoms with E-state index >= 15 is 0 Å². The first-order valence-electron chi connectivity index (χ1n) is 9.50. The third-order valence-corrected chi connectivity index (χ3v) is 7.38. The SMILES string of the molecule is C=CCN(CC=C)S(=O)(=O)c1ccc(C(=O)Nc2nc3c(OC)ccc(OC)c3s2)cc1. The molecule has 0 spiro atoms. The molecule has 0 atom stereocenters. The molecule has 8 nitrogen and oxygen atoms in total. The van der Waals surface area contributed by atoms with Gasteiger partial charge in [0.25, 0.3) is 5.91 Å². The number of carbonyl (C=O) groups is 1. The maximum Gasteiger partial charge on any atom is 0.257 e. The molecule has 0 radical (unpaired) electrons. The summed E-state index contributed by atoms with van der Waals surface area (Å²) in [7, 11) is -0.641. The lowest BCUT2D eigenvalue weighted by atomic mass is 10.2. The average molecular weight is 474 g/mol. The Morgan fingerprint density at radius 3 is 2.22 bits per heavy atom. The van der Waals surface area contributed by atoms with Gasteiger partial charge in [-0.2, -0.15) is 4.31 Å². The van der Waals surface area contributed by atoms with E-state index in [1.165, 1.54) is 52.1 Å². The molecule has 2 aromatic carbocycles. The molecule has 0 saturated carbocycles. The van der Waals surface area contributed by atoms with Crippen LogP contribution >= 0.6 is 11.3 Å². The monoisotopic (exact) mass is 473 g/mol. The first-order chi connectivity index (χ1) is 15.3. The van der Waals surface area contributed by atoms with Gasteiger partial charge in [-0.05, 0) is 36.4 Å². The van der Waals surface area contributed by atoms with Crippen molar-refractivity contribution in [3.8, 4) is 11.5 Å². The van der Waals surface area contributed by atoms with Gasteiger partial charge < -0.3 is 9.47 Å². The first-order valence-corrected chi connectivity index (χ1v) is 11.8. The highest BCUT2D eigenvalue weighted by Crippen LogP contribution is 2.38. The quantitative estimate of drug-likeness (QED) is 0.448. The van der Waals surface area contributed by atoms with Crippen LogP contribution in [0.15, 0.2) is 66.6 Å². The Bertz CT molecular complexity index is 1200. The molecule has 0 saturated heterocycles. The summed E-state index contributed by atoms with van der Waals surface area (Å²) >= 11 is 1.25. The van der Waals surface area contributed by atoms with Crippen molar-refractivity contribution in [2.24, 2.45) is 0 Å². The van der Waals surface area contributed by atoms with Crippen LogP contribution in [-0.4, -0.2) is 50.9 Å². The van der Waals surface area contributed by atoms with E-state index in [0.29, 0.717) is 27.7 Å². The second-order valence-electron chi connectivity index (χ2n) is 6.54. The molecule has 1 amide bonds. The Morgan fingerprint density at radius 1 is 1.06 bits per heavy atom. The van der Waals surface area contributed by atoms with Crippen LogP contribution in [-0.2, 0) is 10.0 Å². The molecule has 0 fully saturated rings. The second kappa shape index (κ2) is 9.94. The number of anilines is 1. The minimum atomic E-state index is -3.74. The minimum Gasteiger partial charge on any atom is -0.495 e. The number of amides is 1. The maximum atomic E-state index is 12.8. The minimum absolute atomic E-state index is 0.0761. The van der Waals surface area contributed by atoms with E-state index < -0.39 is 15.9 Å². The Kier molecular flexibility index (Phi) is 7.29. The molecule has 1 N–H and O–H groups in total. The Labute approximate surface area is 190 Å². The average Bonchev–Trinajstić information content (AvgIpc) is 3.21. The third kappa shape index (κ3) is 4.67. The topological polar surface area (TPSA) is 97.8 Å². The van der Waals surface area contributed by atoms with Crippen LogP contribution in [0.4, 0.5) is 5.13 Å². The van der Waals surface area contributed by atoms with Gasteiger partial charge in [0.05, 0.1) is 19.1 Å². The molecule has 10 heteroatoms. The molecule has 1 heterocycles. The molecule has 1 aromatic heterocycles. The van der Waals surface area contributed by atoms with E-state index in [4.69, 9.17) is 9.47 Å². The van der Waals surface area contributed by atoms with Crippen LogP contribution in [0.5, 0.6) is 11.5 Å². The number of fused-ring (bicyclic) bond motifs is 1. The van der Waals surface area contributed by atoms with Gasteiger partial charge >= 0.3 is 0 Å². The number of carbonyl (C=O) groups excluding carboxylic acids is 1. The van der Waals surface area contributed by atoms with Crippen molar-refractivity contribution in [3.63, 3.8) is 0 Å². The van der Waals surface area contributed by atoms with Gasteiger partial charge in [-0.3, -0.25) is 10.1 Å². The van der Waals surface area contributed by atoms with Gasteiger partial charge in [0.1, 0.15) is 21.7 Å². The summed E-state index contributed by atoms with van der Waals surface area (Å²) in [5, 5.41) is 3.11. The van der Waals surface area contributed by atoms with Crippen molar-refractivity contribution < 1.29 is 22.7 Å². The Balaban J connectivity index is 1.83. The number of sulfonamides is 1. The number of aromatic nitrogens is 1. The highest BCUT2D eigenvalue weighted by atomic mass is 32.2. The number of benzene rings is 2. The fraction of sp³-hybridized carbons (Fsp3) is 0.182. The van der Waals surface area contributed by atoms with Crippen molar-refractivity contribution in [2.45, 2.75) is 4.90 Å². The van der Waals surface area contributed by atoms with Gasteiger partial charge in [-0.25, -0.2) is 13.4 Å². The van der Waals surface area contributed by atoms with Crippen LogP contribution in [0, 0.1) is 0 Å². The number of methoxy groups -OCH3 is 2. The van der Waals surface area contributed by atoms with Crippen LogP contribution in [0.25, 0.3) is 10.2 Å². The summed E-state index contributed by atoms with van der Waals surface area (Å²) in [6.07, 6.45) is 3.01. The molecular formula is C22H23N3O5S2. The van der Waals surface area contributed by atoms with Crippen molar-refractivity contribution in [3.05, 3.63) is 67.3 Å². The molecule has 168 valence electrons. The molecule has 0 aliphatic rings. The summed E-state index contributed by atoms with van der Waals surface area (Å²) in [6.45, 7) is 7.49. The summed E-state index contributed by atoms with van der Waals surface area (Å²) in [5.41, 5.74) is 0.874. The fourth-order valence-corrected chi connectivity index (χ4v) is 5.34. The van der Waals surface area contributed by atoms with Gasteiger partial charge in [-0.15, -0.1) is 13.2 Å². The highest BCUT2D eigenvalue weighted by Gasteiger charge is 2.23. The van der Waals surface area contributed by atoms with Gasteiger partial charge in [0.2, 0.25) is 10.0 Å². The van der Waals surface area contributed by atoms with Gasteiger partial charge in [0, 0.05) is 18.7 Å². The molecular weight excluding hydrogens is 450 g/mol. The maximum absolute atomic E-state index is 12.8. The number of hydrogen-bond acceptors (Lipinski definition) is 7. The van der Waals surface area contributed by atoms with Crippen LogP contribution in [0.3, 0.4) is 0 Å². The molecule has 0 unspecified atom stereocenters. The Morgan fingerprint density at radius 2 is 1.66 bits per heavy atom. The zero-order valence-electron chi connectivity index (χ0n) is 17.7. The van der Waals surface area contributed by atoms with Crippen LogP contribution in [0.2, 0.25) is 0 Å². The molecule has 3 rings (SSSR count). The van der Waals surface area contributed by atoms with Crippen LogP contribution in [0.1, 0.15) is 10.4 Å². The van der Waals surface area contributed by atoms with Crippen molar-refractivity contribution >= 4 is 42.6 Å². The molecule has 0 aliphatic heterocycles. The smallest absolute Gasteiger partial charge is 0.257 e. The van der Waals surface area contributed by atoms with Gasteiger partial charge in [-0.1, -0.05) is 23.5 Å². The largest absolute Gasteiger partial charge is 0.495 e. The number of ether oxygens (including phenoxy) is 2. The summed E-state index contributed by atoms with van der Waals surface area (Å²) < 4.78 is 38.3. The zero-order chi connectivity index (χ0) is 23.3. The summed E-state index contributed by atoms with van der Waals surface area (Å²) in [4.78, 5) is 17.2. The van der Waals surface area contributed by atoms with Gasteiger partial charge in [0.15, 0.2) is 5.13 Å². The van der Waals surface area contributed by atoms with Crippen LogP contribution < -0.4 is 14.8 Å². The zero-order valence-corrected chi connectivity index (χ0v) is 19.3. The van der Waals surface area contributed by atoms with E-state index in [1.54, 1.807) is 26.4 Å². The lowest BCUT2D eigenvalue weighted by molar-refractivity contribution is 0.102. The predicted octanol–water partition coefficient (Wildman–Crippen LogP) is 3.93. The second-order valence-corrected chi connectivity index (χ2v) is 9.48. The predicted molar refractivity (Wildman–Crippen MR) is 126 cm³/mol. The molecule has 0 aliphatic carbocycles. The van der Waals surface area contributed by atoms with E-state index in [0.717, 1.165) is 4.70 Å². The standard InChI is InChI=1S/C22H23N3O5S2/c1-5-13-25(14-6-2)32(27,28)16-9-7-15(8-10-16)21(26)24-22-23-19-17(29-3)11-12-18(30-4)20(19)31-22/h5-12H,1-2,13-14H2,3-4H3,(H,23,24,26). The number of hydrogen-bond donors (Lipinski definition) is 1. The number of thiazole rings is 1. The van der Waals surface area contributed by atoms with E-state index in [2.05, 4.69) is 23.5 Å². The van der Waals surface area contributed by atoms with Crippen molar-refractivity contribution in [1.82, 2.24) is 9.29 Å². The van der Waals surface area contributed by atoms with E-state index in [1.807, 2.05) is 0 Å². The normalized spacial score (nSPS) is 11.3. The van der Waals surface area contributed by atoms with Crippen molar-refractivity contribution in [1.29, 1.82) is 0 Å². The number of rotatable bonds is 10. The molecule has 3 aromatic rings. The highest BCUT2D eigenvalue weighted by molar-refractivity contribution is 7.89. The van der Waals surface area contributed by atoms with E-state index in [9.17, 15) is 13.2 Å². The van der Waals surface area contributed by atoms with E-state index in [-0.39, 0.29) is 18.0 Å². The lowest BCUT2D eigenvalue weighted by Gasteiger charge is -2.19. The number of nitrogens with zero attached hydrogens (tertiary/aromatic N) is 2. The lowest BCUT2D eigenvalue weighted by Crippen LogP contribution is -2.31. The molecule has 0 bridgehead atoms. The summed E-state index contributed by atoms with van der Waals surface area (Å²) in [6, 6.07) is 9.22. The van der Waals surface area contributed by atoms with Crippen molar-refractivity contribution in [2.75, 3.05) is 32.6 Å². The summed E-state index contributed by atoms with van der Waals surface area (Å²) in [5.74, 6) is 0.771. The third-order valence-electron chi connectivity index (χ3n) is 4.55.